The summed E-state index contributed by atoms with van der Waals surface area (Å²) in [6.07, 6.45) is 0.0760. The average Bonchev–Trinajstić information content (AvgIpc) is 2.70. The minimum atomic E-state index is -0.967. The number of carboxylic acids is 1. The van der Waals surface area contributed by atoms with Gasteiger partial charge in [0.1, 0.15) is 0 Å². The Labute approximate surface area is 117 Å². The molecule has 7 nitrogen and oxygen atoms in total. The summed E-state index contributed by atoms with van der Waals surface area (Å²) in [7, 11) is 0. The SMILES string of the molecule is NC(=O)CSCCC(=O)Nc1nc(CC(=O)O)cs1. The zero-order chi connectivity index (χ0) is 14.3. The molecule has 4 N–H and O–H groups in total. The molecule has 0 bridgehead atoms. The highest BCUT2D eigenvalue weighted by molar-refractivity contribution is 7.99. The molecule has 1 heterocycles. The van der Waals surface area contributed by atoms with Gasteiger partial charge in [0.15, 0.2) is 5.13 Å². The molecule has 0 unspecified atom stereocenters. The molecular weight excluding hydrogens is 290 g/mol. The molecule has 0 atom stereocenters. The molecule has 0 aromatic carbocycles. The maximum atomic E-state index is 11.5. The summed E-state index contributed by atoms with van der Waals surface area (Å²) in [6, 6.07) is 0. The first-order valence-electron chi connectivity index (χ1n) is 5.29. The monoisotopic (exact) mass is 303 g/mol. The van der Waals surface area contributed by atoms with Gasteiger partial charge in [-0.1, -0.05) is 0 Å². The van der Waals surface area contributed by atoms with Gasteiger partial charge < -0.3 is 16.2 Å². The number of thiazole rings is 1. The summed E-state index contributed by atoms with van der Waals surface area (Å²) in [5.41, 5.74) is 5.37. The van der Waals surface area contributed by atoms with Crippen LogP contribution in [0.15, 0.2) is 5.38 Å². The van der Waals surface area contributed by atoms with E-state index in [9.17, 15) is 14.4 Å². The Balaban J connectivity index is 2.30. The maximum Gasteiger partial charge on any atom is 0.309 e. The minimum Gasteiger partial charge on any atom is -0.481 e. The van der Waals surface area contributed by atoms with Gasteiger partial charge in [-0.25, -0.2) is 4.98 Å². The molecule has 9 heteroatoms. The van der Waals surface area contributed by atoms with Crippen molar-refractivity contribution in [2.24, 2.45) is 5.73 Å². The van der Waals surface area contributed by atoms with Crippen LogP contribution in [0.2, 0.25) is 0 Å². The van der Waals surface area contributed by atoms with Crippen LogP contribution in [0.4, 0.5) is 5.13 Å². The first kappa shape index (κ1) is 15.4. The highest BCUT2D eigenvalue weighted by Gasteiger charge is 2.09. The molecule has 104 valence electrons. The highest BCUT2D eigenvalue weighted by Crippen LogP contribution is 2.16. The number of hydrogen-bond donors (Lipinski definition) is 3. The molecule has 0 spiro atoms. The Bertz CT molecular complexity index is 475. The lowest BCUT2D eigenvalue weighted by atomic mass is 10.3. The van der Waals surface area contributed by atoms with E-state index in [4.69, 9.17) is 10.8 Å². The third kappa shape index (κ3) is 6.77. The predicted molar refractivity (Wildman–Crippen MR) is 73.2 cm³/mol. The molecule has 19 heavy (non-hydrogen) atoms. The van der Waals surface area contributed by atoms with Crippen molar-refractivity contribution in [1.29, 1.82) is 0 Å². The molecule has 0 saturated heterocycles. The summed E-state index contributed by atoms with van der Waals surface area (Å²) in [6.45, 7) is 0. The van der Waals surface area contributed by atoms with E-state index >= 15 is 0 Å². The summed E-state index contributed by atoms with van der Waals surface area (Å²) in [5.74, 6) is -0.932. The van der Waals surface area contributed by atoms with Crippen molar-refractivity contribution in [2.45, 2.75) is 12.8 Å². The van der Waals surface area contributed by atoms with Crippen LogP contribution in [0.1, 0.15) is 12.1 Å². The number of carbonyl (C=O) groups excluding carboxylic acids is 2. The van der Waals surface area contributed by atoms with Crippen LogP contribution >= 0.6 is 23.1 Å². The summed E-state index contributed by atoms with van der Waals surface area (Å²) in [4.78, 5) is 36.4. The molecule has 0 radical (unpaired) electrons. The van der Waals surface area contributed by atoms with Crippen LogP contribution in [0.5, 0.6) is 0 Å². The highest BCUT2D eigenvalue weighted by atomic mass is 32.2. The van der Waals surface area contributed by atoms with Crippen LogP contribution in [-0.2, 0) is 20.8 Å². The van der Waals surface area contributed by atoms with E-state index in [1.165, 1.54) is 23.1 Å². The Morgan fingerprint density at radius 1 is 1.47 bits per heavy atom. The molecule has 1 aromatic heterocycles. The normalized spacial score (nSPS) is 10.1. The van der Waals surface area contributed by atoms with Gasteiger partial charge >= 0.3 is 5.97 Å². The molecular formula is C10H13N3O4S2. The number of rotatable bonds is 8. The number of nitrogens with two attached hydrogens (primary N) is 1. The number of amides is 2. The number of hydrogen-bond acceptors (Lipinski definition) is 6. The summed E-state index contributed by atoms with van der Waals surface area (Å²) >= 11 is 2.46. The second kappa shape index (κ2) is 7.74. The van der Waals surface area contributed by atoms with Crippen molar-refractivity contribution in [2.75, 3.05) is 16.8 Å². The molecule has 0 aliphatic rings. The van der Waals surface area contributed by atoms with Crippen molar-refractivity contribution in [3.63, 3.8) is 0 Å². The fraction of sp³-hybridized carbons (Fsp3) is 0.400. The second-order valence-electron chi connectivity index (χ2n) is 3.53. The van der Waals surface area contributed by atoms with Crippen molar-refractivity contribution in [1.82, 2.24) is 4.98 Å². The van der Waals surface area contributed by atoms with Gasteiger partial charge in [-0.3, -0.25) is 14.4 Å². The van der Waals surface area contributed by atoms with Crippen molar-refractivity contribution < 1.29 is 19.5 Å². The number of primary amides is 1. The van der Waals surface area contributed by atoms with Gasteiger partial charge in [-0.05, 0) is 0 Å². The number of carboxylic acid groups (broad SMARTS) is 1. The van der Waals surface area contributed by atoms with Crippen LogP contribution in [0, 0.1) is 0 Å². The van der Waals surface area contributed by atoms with Crippen LogP contribution in [0.25, 0.3) is 0 Å². The molecule has 1 rings (SSSR count). The third-order valence-corrected chi connectivity index (χ3v) is 3.64. The molecule has 2 amide bonds. The van der Waals surface area contributed by atoms with E-state index in [1.54, 1.807) is 5.38 Å². The number of aromatic nitrogens is 1. The Kier molecular flexibility index (Phi) is 6.30. The van der Waals surface area contributed by atoms with E-state index in [0.717, 1.165) is 0 Å². The quantitative estimate of drug-likeness (QED) is 0.594. The van der Waals surface area contributed by atoms with E-state index in [2.05, 4.69) is 10.3 Å². The first-order valence-corrected chi connectivity index (χ1v) is 7.33. The first-order chi connectivity index (χ1) is 8.97. The van der Waals surface area contributed by atoms with Crippen molar-refractivity contribution in [3.8, 4) is 0 Å². The second-order valence-corrected chi connectivity index (χ2v) is 5.49. The van der Waals surface area contributed by atoms with Gasteiger partial charge in [0.2, 0.25) is 11.8 Å². The van der Waals surface area contributed by atoms with Gasteiger partial charge in [-0.15, -0.1) is 11.3 Å². The standard InChI is InChI=1S/C10H13N3O4S2/c11-7(14)5-18-2-1-8(15)13-10-12-6(4-19-10)3-9(16)17/h4H,1-3,5H2,(H2,11,14)(H,16,17)(H,12,13,15). The lowest BCUT2D eigenvalue weighted by molar-refractivity contribution is -0.136. The fourth-order valence-corrected chi connectivity index (χ4v) is 2.52. The Morgan fingerprint density at radius 3 is 2.84 bits per heavy atom. The Hall–Kier alpha value is -1.61. The van der Waals surface area contributed by atoms with E-state index in [1.807, 2.05) is 0 Å². The maximum absolute atomic E-state index is 11.5. The molecule has 0 aliphatic heterocycles. The number of thioether (sulfide) groups is 1. The number of nitrogens with one attached hydrogen (secondary N) is 1. The third-order valence-electron chi connectivity index (χ3n) is 1.85. The molecule has 1 aromatic rings. The van der Waals surface area contributed by atoms with Gasteiger partial charge in [0.05, 0.1) is 17.9 Å². The predicted octanol–water partition coefficient (Wildman–Crippen LogP) is 0.317. The topological polar surface area (TPSA) is 122 Å². The van der Waals surface area contributed by atoms with Crippen LogP contribution in [-0.4, -0.2) is 39.4 Å². The van der Waals surface area contributed by atoms with Crippen LogP contribution < -0.4 is 11.1 Å². The van der Waals surface area contributed by atoms with E-state index in [-0.39, 0.29) is 24.5 Å². The van der Waals surface area contributed by atoms with Gasteiger partial charge in [0, 0.05) is 17.6 Å². The smallest absolute Gasteiger partial charge is 0.309 e. The summed E-state index contributed by atoms with van der Waals surface area (Å²) < 4.78 is 0. The number of anilines is 1. The minimum absolute atomic E-state index is 0.166. The Morgan fingerprint density at radius 2 is 2.21 bits per heavy atom. The molecule has 0 saturated carbocycles. The molecule has 0 fully saturated rings. The average molecular weight is 303 g/mol. The lowest BCUT2D eigenvalue weighted by Crippen LogP contribution is -2.15. The fourth-order valence-electron chi connectivity index (χ4n) is 1.12. The largest absolute Gasteiger partial charge is 0.481 e. The van der Waals surface area contributed by atoms with E-state index in [0.29, 0.717) is 16.6 Å². The lowest BCUT2D eigenvalue weighted by Gasteiger charge is -2.00. The van der Waals surface area contributed by atoms with E-state index < -0.39 is 11.9 Å². The number of nitrogens with zero attached hydrogens (tertiary/aromatic N) is 1. The number of aliphatic carboxylic acids is 1. The van der Waals surface area contributed by atoms with Crippen molar-refractivity contribution in [3.05, 3.63) is 11.1 Å². The zero-order valence-corrected chi connectivity index (χ0v) is 11.6. The van der Waals surface area contributed by atoms with Crippen molar-refractivity contribution >= 4 is 46.0 Å². The summed E-state index contributed by atoms with van der Waals surface area (Å²) in [5, 5.41) is 13.1. The van der Waals surface area contributed by atoms with Crippen LogP contribution in [0.3, 0.4) is 0 Å². The number of carbonyl (C=O) groups is 3. The van der Waals surface area contributed by atoms with Gasteiger partial charge in [-0.2, -0.15) is 11.8 Å². The molecule has 0 aliphatic carbocycles. The zero-order valence-electron chi connectivity index (χ0n) is 9.92. The van der Waals surface area contributed by atoms with Gasteiger partial charge in [0.25, 0.3) is 0 Å².